The van der Waals surface area contributed by atoms with Crippen molar-refractivity contribution < 1.29 is 0 Å². The summed E-state index contributed by atoms with van der Waals surface area (Å²) in [6.45, 7) is 2.24. The molecule has 90 valence electrons. The van der Waals surface area contributed by atoms with E-state index >= 15 is 0 Å². The summed E-state index contributed by atoms with van der Waals surface area (Å²) in [5, 5.41) is 2.62. The van der Waals surface area contributed by atoms with Crippen molar-refractivity contribution in [2.75, 3.05) is 5.73 Å². The highest BCUT2D eigenvalue weighted by atomic mass is 14.6. The van der Waals surface area contributed by atoms with Gasteiger partial charge in [-0.05, 0) is 35.2 Å². The van der Waals surface area contributed by atoms with Crippen LogP contribution in [0.25, 0.3) is 10.8 Å². The first kappa shape index (κ1) is 12.0. The van der Waals surface area contributed by atoms with E-state index in [1.165, 1.54) is 42.0 Å². The summed E-state index contributed by atoms with van der Waals surface area (Å²) < 4.78 is 0. The zero-order valence-corrected chi connectivity index (χ0v) is 10.6. The SMILES string of the molecule is CCCCCCc1c(N)ccc2ccccc12. The van der Waals surface area contributed by atoms with E-state index in [2.05, 4.69) is 37.3 Å². The van der Waals surface area contributed by atoms with Crippen LogP contribution in [0, 0.1) is 0 Å². The smallest absolute Gasteiger partial charge is 0.0353 e. The molecular formula is C16H21N. The maximum absolute atomic E-state index is 6.10. The van der Waals surface area contributed by atoms with E-state index in [1.807, 2.05) is 6.07 Å². The van der Waals surface area contributed by atoms with Crippen LogP contribution in [0.5, 0.6) is 0 Å². The highest BCUT2D eigenvalue weighted by molar-refractivity contribution is 5.89. The maximum atomic E-state index is 6.10. The van der Waals surface area contributed by atoms with Crippen molar-refractivity contribution in [2.45, 2.75) is 39.0 Å². The molecule has 0 aliphatic carbocycles. The Bertz CT molecular complexity index is 488. The molecule has 0 spiro atoms. The third-order valence-corrected chi connectivity index (χ3v) is 3.36. The van der Waals surface area contributed by atoms with Crippen LogP contribution in [0.3, 0.4) is 0 Å². The van der Waals surface area contributed by atoms with Crippen LogP contribution in [-0.2, 0) is 6.42 Å². The summed E-state index contributed by atoms with van der Waals surface area (Å²) in [6.07, 6.45) is 6.26. The van der Waals surface area contributed by atoms with Crippen molar-refractivity contribution in [3.63, 3.8) is 0 Å². The van der Waals surface area contributed by atoms with Crippen LogP contribution in [-0.4, -0.2) is 0 Å². The summed E-state index contributed by atoms with van der Waals surface area (Å²) in [4.78, 5) is 0. The standard InChI is InChI=1S/C16H21N/c1-2-3-4-5-10-15-14-9-7-6-8-13(14)11-12-16(15)17/h6-9,11-12H,2-5,10,17H2,1H3. The predicted molar refractivity (Wildman–Crippen MR) is 76.2 cm³/mol. The molecule has 0 aliphatic rings. The number of unbranched alkanes of at least 4 members (excludes halogenated alkanes) is 3. The largest absolute Gasteiger partial charge is 0.398 e. The van der Waals surface area contributed by atoms with Gasteiger partial charge in [-0.2, -0.15) is 0 Å². The quantitative estimate of drug-likeness (QED) is 0.588. The lowest BCUT2D eigenvalue weighted by molar-refractivity contribution is 0.669. The number of hydrogen-bond donors (Lipinski definition) is 1. The van der Waals surface area contributed by atoms with E-state index in [-0.39, 0.29) is 0 Å². The minimum absolute atomic E-state index is 0.945. The van der Waals surface area contributed by atoms with Crippen molar-refractivity contribution in [3.8, 4) is 0 Å². The molecular weight excluding hydrogens is 206 g/mol. The lowest BCUT2D eigenvalue weighted by Crippen LogP contribution is -1.96. The minimum atomic E-state index is 0.945. The van der Waals surface area contributed by atoms with Gasteiger partial charge in [0.05, 0.1) is 0 Å². The average Bonchev–Trinajstić information content (AvgIpc) is 2.37. The fourth-order valence-electron chi connectivity index (χ4n) is 2.36. The van der Waals surface area contributed by atoms with E-state index in [1.54, 1.807) is 0 Å². The molecule has 0 amide bonds. The molecule has 1 nitrogen and oxygen atoms in total. The van der Waals surface area contributed by atoms with Crippen molar-refractivity contribution in [2.24, 2.45) is 0 Å². The summed E-state index contributed by atoms with van der Waals surface area (Å²) in [6, 6.07) is 12.7. The first-order valence-corrected chi connectivity index (χ1v) is 6.59. The van der Waals surface area contributed by atoms with Crippen molar-refractivity contribution in [1.82, 2.24) is 0 Å². The zero-order chi connectivity index (χ0) is 12.1. The Hall–Kier alpha value is -1.50. The number of aryl methyl sites for hydroxylation is 1. The molecule has 0 aliphatic heterocycles. The number of fused-ring (bicyclic) bond motifs is 1. The van der Waals surface area contributed by atoms with Gasteiger partial charge in [0.1, 0.15) is 0 Å². The maximum Gasteiger partial charge on any atom is 0.0353 e. The molecule has 0 bridgehead atoms. The molecule has 0 heterocycles. The fraction of sp³-hybridized carbons (Fsp3) is 0.375. The Kier molecular flexibility index (Phi) is 4.03. The summed E-state index contributed by atoms with van der Waals surface area (Å²) >= 11 is 0. The van der Waals surface area contributed by atoms with Crippen molar-refractivity contribution >= 4 is 16.5 Å². The third kappa shape index (κ3) is 2.79. The highest BCUT2D eigenvalue weighted by Crippen LogP contribution is 2.25. The van der Waals surface area contributed by atoms with Gasteiger partial charge in [-0.3, -0.25) is 0 Å². The van der Waals surface area contributed by atoms with E-state index < -0.39 is 0 Å². The molecule has 2 rings (SSSR count). The number of nitrogen functional groups attached to an aromatic ring is 1. The molecule has 0 radical (unpaired) electrons. The van der Waals surface area contributed by atoms with Gasteiger partial charge in [-0.15, -0.1) is 0 Å². The molecule has 2 N–H and O–H groups in total. The number of benzene rings is 2. The number of anilines is 1. The van der Waals surface area contributed by atoms with Crippen molar-refractivity contribution in [3.05, 3.63) is 42.0 Å². The van der Waals surface area contributed by atoms with Crippen LogP contribution in [0.1, 0.15) is 38.2 Å². The molecule has 17 heavy (non-hydrogen) atoms. The molecule has 2 aromatic carbocycles. The van der Waals surface area contributed by atoms with Crippen LogP contribution < -0.4 is 5.73 Å². The number of rotatable bonds is 5. The third-order valence-electron chi connectivity index (χ3n) is 3.36. The Morgan fingerprint density at radius 2 is 1.76 bits per heavy atom. The normalized spacial score (nSPS) is 10.9. The Labute approximate surface area is 104 Å². The number of nitrogens with two attached hydrogens (primary N) is 1. The van der Waals surface area contributed by atoms with Gasteiger partial charge in [-0.25, -0.2) is 0 Å². The average molecular weight is 227 g/mol. The molecule has 2 aromatic rings. The molecule has 0 atom stereocenters. The monoisotopic (exact) mass is 227 g/mol. The Morgan fingerprint density at radius 3 is 2.59 bits per heavy atom. The van der Waals surface area contributed by atoms with E-state index in [4.69, 9.17) is 5.73 Å². The van der Waals surface area contributed by atoms with Gasteiger partial charge in [0.15, 0.2) is 0 Å². The molecule has 0 saturated heterocycles. The number of hydrogen-bond acceptors (Lipinski definition) is 1. The lowest BCUT2D eigenvalue weighted by Gasteiger charge is -2.09. The summed E-state index contributed by atoms with van der Waals surface area (Å²) in [7, 11) is 0. The van der Waals surface area contributed by atoms with E-state index in [0.717, 1.165) is 12.1 Å². The molecule has 1 heteroatoms. The molecule has 0 saturated carbocycles. The first-order chi connectivity index (χ1) is 8.33. The van der Waals surface area contributed by atoms with Gasteiger partial charge in [0.25, 0.3) is 0 Å². The van der Waals surface area contributed by atoms with E-state index in [9.17, 15) is 0 Å². The Morgan fingerprint density at radius 1 is 0.941 bits per heavy atom. The van der Waals surface area contributed by atoms with Crippen LogP contribution >= 0.6 is 0 Å². The second-order valence-electron chi connectivity index (χ2n) is 4.67. The van der Waals surface area contributed by atoms with Gasteiger partial charge in [-0.1, -0.05) is 56.5 Å². The summed E-state index contributed by atoms with van der Waals surface area (Å²) in [5.41, 5.74) is 8.38. The summed E-state index contributed by atoms with van der Waals surface area (Å²) in [5.74, 6) is 0. The molecule has 0 fully saturated rings. The van der Waals surface area contributed by atoms with Crippen LogP contribution in [0.2, 0.25) is 0 Å². The van der Waals surface area contributed by atoms with Gasteiger partial charge >= 0.3 is 0 Å². The van der Waals surface area contributed by atoms with Crippen molar-refractivity contribution in [1.29, 1.82) is 0 Å². The molecule has 0 unspecified atom stereocenters. The topological polar surface area (TPSA) is 26.0 Å². The fourth-order valence-corrected chi connectivity index (χ4v) is 2.36. The van der Waals surface area contributed by atoms with Crippen LogP contribution in [0.15, 0.2) is 36.4 Å². The van der Waals surface area contributed by atoms with Gasteiger partial charge in [0, 0.05) is 5.69 Å². The second-order valence-corrected chi connectivity index (χ2v) is 4.67. The van der Waals surface area contributed by atoms with Crippen LogP contribution in [0.4, 0.5) is 5.69 Å². The first-order valence-electron chi connectivity index (χ1n) is 6.59. The minimum Gasteiger partial charge on any atom is -0.398 e. The lowest BCUT2D eigenvalue weighted by atomic mass is 9.98. The predicted octanol–water partition coefficient (Wildman–Crippen LogP) is 4.54. The second kappa shape index (κ2) is 5.72. The van der Waals surface area contributed by atoms with Gasteiger partial charge < -0.3 is 5.73 Å². The zero-order valence-electron chi connectivity index (χ0n) is 10.6. The molecule has 0 aromatic heterocycles. The van der Waals surface area contributed by atoms with Gasteiger partial charge in [0.2, 0.25) is 0 Å². The Balaban J connectivity index is 2.22. The highest BCUT2D eigenvalue weighted by Gasteiger charge is 2.04. The van der Waals surface area contributed by atoms with E-state index in [0.29, 0.717) is 0 Å².